The molecule has 0 unspecified atom stereocenters. The van der Waals surface area contributed by atoms with Crippen molar-refractivity contribution in [3.8, 4) is 11.4 Å². The molecule has 0 saturated carbocycles. The third kappa shape index (κ3) is 1.87. The predicted molar refractivity (Wildman–Crippen MR) is 59.1 cm³/mol. The first-order valence-electron chi connectivity index (χ1n) is 4.29. The molecule has 2 aromatic rings. The van der Waals surface area contributed by atoms with Crippen molar-refractivity contribution in [2.45, 2.75) is 0 Å². The van der Waals surface area contributed by atoms with E-state index in [1.54, 1.807) is 6.07 Å². The van der Waals surface area contributed by atoms with Crippen molar-refractivity contribution in [3.05, 3.63) is 29.0 Å². The van der Waals surface area contributed by atoms with Gasteiger partial charge in [-0.3, -0.25) is 0 Å². The second kappa shape index (κ2) is 3.90. The maximum atomic E-state index is 13.6. The van der Waals surface area contributed by atoms with Gasteiger partial charge in [-0.25, -0.2) is 4.39 Å². The Morgan fingerprint density at radius 1 is 1.06 bits per heavy atom. The van der Waals surface area contributed by atoms with Gasteiger partial charge < -0.3 is 11.5 Å². The third-order valence-corrected chi connectivity index (χ3v) is 2.15. The summed E-state index contributed by atoms with van der Waals surface area (Å²) < 4.78 is 13.6. The van der Waals surface area contributed by atoms with E-state index in [4.69, 9.17) is 23.1 Å². The molecule has 1 aromatic carbocycles. The molecule has 4 N–H and O–H groups in total. The summed E-state index contributed by atoms with van der Waals surface area (Å²) in [7, 11) is 0. The maximum absolute atomic E-state index is 13.6. The van der Waals surface area contributed by atoms with Crippen LogP contribution in [0.4, 0.5) is 16.3 Å². The molecule has 0 bridgehead atoms. The topological polar surface area (TPSA) is 90.7 Å². The molecule has 0 amide bonds. The summed E-state index contributed by atoms with van der Waals surface area (Å²) in [6, 6.07) is 4.49. The van der Waals surface area contributed by atoms with Gasteiger partial charge in [-0.2, -0.15) is 15.0 Å². The predicted octanol–water partition coefficient (Wildman–Crippen LogP) is 1.50. The van der Waals surface area contributed by atoms with Gasteiger partial charge in [0.25, 0.3) is 0 Å². The van der Waals surface area contributed by atoms with Crippen LogP contribution >= 0.6 is 11.6 Å². The summed E-state index contributed by atoms with van der Waals surface area (Å²) in [5.41, 5.74) is 10.9. The van der Waals surface area contributed by atoms with Crippen LogP contribution in [0.15, 0.2) is 18.2 Å². The molecular weight excluding hydrogens is 233 g/mol. The van der Waals surface area contributed by atoms with E-state index in [-0.39, 0.29) is 28.3 Å². The molecule has 0 fully saturated rings. The first-order valence-corrected chi connectivity index (χ1v) is 4.67. The highest BCUT2D eigenvalue weighted by Gasteiger charge is 2.12. The van der Waals surface area contributed by atoms with Gasteiger partial charge in [0.2, 0.25) is 11.9 Å². The number of nitrogen functional groups attached to an aromatic ring is 2. The number of nitrogens with zero attached hydrogens (tertiary/aromatic N) is 3. The third-order valence-electron chi connectivity index (χ3n) is 1.86. The Kier molecular flexibility index (Phi) is 2.57. The van der Waals surface area contributed by atoms with Crippen LogP contribution in [0.5, 0.6) is 0 Å². The first kappa shape index (κ1) is 10.6. The number of nitrogens with two attached hydrogens (primary N) is 2. The van der Waals surface area contributed by atoms with E-state index in [1.807, 2.05) is 0 Å². The van der Waals surface area contributed by atoms with Crippen LogP contribution in [-0.4, -0.2) is 15.0 Å². The number of halogens is 2. The van der Waals surface area contributed by atoms with Crippen LogP contribution in [0, 0.1) is 5.82 Å². The molecule has 0 atom stereocenters. The summed E-state index contributed by atoms with van der Waals surface area (Å²) in [6.07, 6.45) is 0. The molecule has 0 aliphatic carbocycles. The maximum Gasteiger partial charge on any atom is 0.225 e. The zero-order chi connectivity index (χ0) is 11.7. The van der Waals surface area contributed by atoms with Gasteiger partial charge in [0.15, 0.2) is 11.6 Å². The van der Waals surface area contributed by atoms with E-state index >= 15 is 0 Å². The molecule has 82 valence electrons. The second-order valence-corrected chi connectivity index (χ2v) is 3.38. The molecule has 2 rings (SSSR count). The largest absolute Gasteiger partial charge is 0.368 e. The smallest absolute Gasteiger partial charge is 0.225 e. The van der Waals surface area contributed by atoms with Crippen molar-refractivity contribution in [2.24, 2.45) is 0 Å². The normalized spacial score (nSPS) is 10.4. The lowest BCUT2D eigenvalue weighted by atomic mass is 10.2. The number of rotatable bonds is 1. The number of anilines is 2. The summed E-state index contributed by atoms with van der Waals surface area (Å²) in [6.45, 7) is 0. The van der Waals surface area contributed by atoms with Gasteiger partial charge in [-0.1, -0.05) is 17.7 Å². The van der Waals surface area contributed by atoms with Crippen molar-refractivity contribution in [3.63, 3.8) is 0 Å². The van der Waals surface area contributed by atoms with Gasteiger partial charge in [0.1, 0.15) is 0 Å². The molecule has 1 aromatic heterocycles. The summed E-state index contributed by atoms with van der Waals surface area (Å²) in [4.78, 5) is 11.2. The highest BCUT2D eigenvalue weighted by molar-refractivity contribution is 6.31. The summed E-state index contributed by atoms with van der Waals surface area (Å²) in [5.74, 6) is -0.692. The van der Waals surface area contributed by atoms with E-state index in [1.165, 1.54) is 12.1 Å². The molecule has 0 aliphatic heterocycles. The molecule has 1 heterocycles. The zero-order valence-corrected chi connectivity index (χ0v) is 8.74. The van der Waals surface area contributed by atoms with Crippen molar-refractivity contribution < 1.29 is 4.39 Å². The van der Waals surface area contributed by atoms with E-state index in [0.717, 1.165) is 0 Å². The second-order valence-electron chi connectivity index (χ2n) is 2.98. The van der Waals surface area contributed by atoms with Crippen LogP contribution in [0.25, 0.3) is 11.4 Å². The molecule has 0 saturated heterocycles. The van der Waals surface area contributed by atoms with Crippen LogP contribution in [-0.2, 0) is 0 Å². The average molecular weight is 240 g/mol. The molecule has 0 aliphatic rings. The van der Waals surface area contributed by atoms with Crippen molar-refractivity contribution >= 4 is 23.5 Å². The molecule has 0 radical (unpaired) electrons. The lowest BCUT2D eigenvalue weighted by Gasteiger charge is -2.04. The monoisotopic (exact) mass is 239 g/mol. The Hall–Kier alpha value is -1.95. The van der Waals surface area contributed by atoms with Gasteiger partial charge in [-0.05, 0) is 12.1 Å². The number of hydrogen-bond donors (Lipinski definition) is 2. The lowest BCUT2D eigenvalue weighted by molar-refractivity contribution is 0.630. The lowest BCUT2D eigenvalue weighted by Crippen LogP contribution is -2.05. The molecule has 16 heavy (non-hydrogen) atoms. The quantitative estimate of drug-likeness (QED) is 0.787. The Bertz CT molecular complexity index is 525. The zero-order valence-electron chi connectivity index (χ0n) is 7.98. The molecule has 7 heteroatoms. The van der Waals surface area contributed by atoms with Crippen molar-refractivity contribution in [2.75, 3.05) is 11.5 Å². The molecular formula is C9H7ClFN5. The standard InChI is InChI=1S/C9H7ClFN5/c10-5-3-1-2-4(6(5)11)7-14-8(12)16-9(13)15-7/h1-3H,(H4,12,13,14,15,16). The molecule has 5 nitrogen and oxygen atoms in total. The van der Waals surface area contributed by atoms with E-state index < -0.39 is 5.82 Å². The van der Waals surface area contributed by atoms with E-state index in [0.29, 0.717) is 0 Å². The fourth-order valence-corrected chi connectivity index (χ4v) is 1.38. The fraction of sp³-hybridized carbons (Fsp3) is 0. The van der Waals surface area contributed by atoms with Crippen molar-refractivity contribution in [1.82, 2.24) is 15.0 Å². The summed E-state index contributed by atoms with van der Waals surface area (Å²) in [5, 5.41) is -0.0185. The Balaban J connectivity index is 2.63. The Morgan fingerprint density at radius 3 is 2.31 bits per heavy atom. The number of hydrogen-bond acceptors (Lipinski definition) is 5. The Morgan fingerprint density at radius 2 is 1.69 bits per heavy atom. The van der Waals surface area contributed by atoms with Gasteiger partial charge in [0.05, 0.1) is 10.6 Å². The minimum Gasteiger partial charge on any atom is -0.368 e. The van der Waals surface area contributed by atoms with Crippen LogP contribution < -0.4 is 11.5 Å². The van der Waals surface area contributed by atoms with Gasteiger partial charge >= 0.3 is 0 Å². The van der Waals surface area contributed by atoms with Crippen molar-refractivity contribution in [1.29, 1.82) is 0 Å². The van der Waals surface area contributed by atoms with Gasteiger partial charge in [0, 0.05) is 0 Å². The van der Waals surface area contributed by atoms with Crippen LogP contribution in [0.3, 0.4) is 0 Å². The molecule has 0 spiro atoms. The highest BCUT2D eigenvalue weighted by atomic mass is 35.5. The van der Waals surface area contributed by atoms with E-state index in [2.05, 4.69) is 15.0 Å². The Labute approximate surface area is 95.3 Å². The van der Waals surface area contributed by atoms with E-state index in [9.17, 15) is 4.39 Å². The summed E-state index contributed by atoms with van der Waals surface area (Å²) >= 11 is 5.63. The SMILES string of the molecule is Nc1nc(N)nc(-c2cccc(Cl)c2F)n1. The first-order chi connectivity index (χ1) is 7.58. The number of aromatic nitrogens is 3. The minimum atomic E-state index is -0.617. The number of benzene rings is 1. The average Bonchev–Trinajstić information content (AvgIpc) is 2.20. The van der Waals surface area contributed by atoms with Crippen LogP contribution in [0.2, 0.25) is 5.02 Å². The highest BCUT2D eigenvalue weighted by Crippen LogP contribution is 2.25. The van der Waals surface area contributed by atoms with Gasteiger partial charge in [-0.15, -0.1) is 0 Å². The minimum absolute atomic E-state index is 0.0185. The van der Waals surface area contributed by atoms with Crippen LogP contribution in [0.1, 0.15) is 0 Å². The fourth-order valence-electron chi connectivity index (χ4n) is 1.21.